The fraction of sp³-hybridized carbons (Fsp3) is 0.133. The van der Waals surface area contributed by atoms with E-state index in [0.717, 1.165) is 22.5 Å². The van der Waals surface area contributed by atoms with Crippen molar-refractivity contribution < 1.29 is 4.74 Å². The van der Waals surface area contributed by atoms with Crippen LogP contribution in [0.25, 0.3) is 5.69 Å². The molecule has 1 aromatic carbocycles. The third-order valence-corrected chi connectivity index (χ3v) is 3.45. The van der Waals surface area contributed by atoms with E-state index in [1.165, 1.54) is 0 Å². The van der Waals surface area contributed by atoms with E-state index >= 15 is 0 Å². The minimum atomic E-state index is 0.592. The van der Waals surface area contributed by atoms with Gasteiger partial charge in [-0.25, -0.2) is 0 Å². The smallest absolute Gasteiger partial charge is 0.119 e. The van der Waals surface area contributed by atoms with Crippen LogP contribution in [-0.2, 0) is 6.54 Å². The summed E-state index contributed by atoms with van der Waals surface area (Å²) in [6.07, 6.45) is 7.85. The average Bonchev–Trinajstić information content (AvgIpc) is 3.11. The normalized spacial score (nSPS) is 10.7. The Hall–Kier alpha value is -2.01. The van der Waals surface area contributed by atoms with Gasteiger partial charge in [-0.15, -0.1) is 0 Å². The maximum Gasteiger partial charge on any atom is 0.119 e. The summed E-state index contributed by atoms with van der Waals surface area (Å²) in [5.74, 6) is 0.867. The topological polar surface area (TPSA) is 32.0 Å². The van der Waals surface area contributed by atoms with Crippen molar-refractivity contribution in [1.29, 1.82) is 0 Å². The Morgan fingerprint density at radius 1 is 1.10 bits per heavy atom. The second-order valence-corrected chi connectivity index (χ2v) is 5.27. The van der Waals surface area contributed by atoms with Gasteiger partial charge in [0.15, 0.2) is 0 Å². The van der Waals surface area contributed by atoms with Crippen LogP contribution < -0.4 is 4.74 Å². The molecule has 0 aliphatic carbocycles. The lowest BCUT2D eigenvalue weighted by Crippen LogP contribution is -2.08. The van der Waals surface area contributed by atoms with E-state index < -0.39 is 0 Å². The van der Waals surface area contributed by atoms with Gasteiger partial charge >= 0.3 is 0 Å². The third kappa shape index (κ3) is 3.11. The maximum atomic E-state index is 5.68. The third-order valence-electron chi connectivity index (χ3n) is 2.92. The predicted molar refractivity (Wildman–Crippen MR) is 81.2 cm³/mol. The van der Waals surface area contributed by atoms with Crippen molar-refractivity contribution in [3.63, 3.8) is 0 Å². The summed E-state index contributed by atoms with van der Waals surface area (Å²) in [6, 6.07) is 11.8. The molecule has 0 N–H and O–H groups in total. The Labute approximate surface area is 125 Å². The summed E-state index contributed by atoms with van der Waals surface area (Å²) in [7, 11) is 0. The molecule has 20 heavy (non-hydrogen) atoms. The molecule has 2 heterocycles. The highest BCUT2D eigenvalue weighted by Gasteiger charge is 2.00. The van der Waals surface area contributed by atoms with Gasteiger partial charge in [0.05, 0.1) is 18.4 Å². The first-order valence-corrected chi connectivity index (χ1v) is 7.15. The lowest BCUT2D eigenvalue weighted by atomic mass is 10.3. The summed E-state index contributed by atoms with van der Waals surface area (Å²) in [4.78, 5) is 0. The van der Waals surface area contributed by atoms with E-state index in [0.29, 0.717) is 6.61 Å². The molecule has 0 atom stereocenters. The van der Waals surface area contributed by atoms with Crippen molar-refractivity contribution in [2.75, 3.05) is 6.61 Å². The monoisotopic (exact) mass is 331 g/mol. The molecule has 3 aromatic rings. The van der Waals surface area contributed by atoms with E-state index in [1.54, 1.807) is 0 Å². The minimum Gasteiger partial charge on any atom is -0.492 e. The van der Waals surface area contributed by atoms with Gasteiger partial charge in [0.2, 0.25) is 0 Å². The SMILES string of the molecule is Brc1ccc(OCCn2cc(-n3cccc3)cn2)cc1. The number of ether oxygens (including phenoxy) is 1. The van der Waals surface area contributed by atoms with Crippen molar-refractivity contribution >= 4 is 15.9 Å². The highest BCUT2D eigenvalue weighted by molar-refractivity contribution is 9.10. The maximum absolute atomic E-state index is 5.68. The summed E-state index contributed by atoms with van der Waals surface area (Å²) in [5, 5.41) is 4.33. The van der Waals surface area contributed by atoms with Crippen LogP contribution in [0, 0.1) is 0 Å². The minimum absolute atomic E-state index is 0.592. The Morgan fingerprint density at radius 3 is 2.60 bits per heavy atom. The van der Waals surface area contributed by atoms with E-state index in [1.807, 2.05) is 70.4 Å². The zero-order valence-electron chi connectivity index (χ0n) is 10.8. The van der Waals surface area contributed by atoms with Gasteiger partial charge in [0.1, 0.15) is 12.4 Å². The summed E-state index contributed by atoms with van der Waals surface area (Å²) < 4.78 is 10.6. The molecule has 0 spiro atoms. The van der Waals surface area contributed by atoms with E-state index in [4.69, 9.17) is 4.74 Å². The molecule has 0 saturated carbocycles. The largest absolute Gasteiger partial charge is 0.492 e. The molecule has 0 aliphatic rings. The summed E-state index contributed by atoms with van der Waals surface area (Å²) in [5.41, 5.74) is 1.05. The van der Waals surface area contributed by atoms with Gasteiger partial charge in [-0.3, -0.25) is 4.68 Å². The number of benzene rings is 1. The number of rotatable bonds is 5. The molecule has 5 heteroatoms. The van der Waals surface area contributed by atoms with Crippen molar-refractivity contribution in [3.05, 3.63) is 65.7 Å². The van der Waals surface area contributed by atoms with Crippen LogP contribution >= 0.6 is 15.9 Å². The molecule has 0 unspecified atom stereocenters. The average molecular weight is 332 g/mol. The van der Waals surface area contributed by atoms with Gasteiger partial charge in [-0.2, -0.15) is 5.10 Å². The molecule has 2 aromatic heterocycles. The van der Waals surface area contributed by atoms with Crippen molar-refractivity contribution in [1.82, 2.24) is 14.3 Å². The Kier molecular flexibility index (Phi) is 3.87. The first-order valence-electron chi connectivity index (χ1n) is 6.35. The van der Waals surface area contributed by atoms with Crippen LogP contribution in [0.4, 0.5) is 0 Å². The van der Waals surface area contributed by atoms with E-state index in [2.05, 4.69) is 21.0 Å². The molecule has 0 radical (unpaired) electrons. The molecule has 4 nitrogen and oxygen atoms in total. The van der Waals surface area contributed by atoms with Gasteiger partial charge in [-0.1, -0.05) is 15.9 Å². The highest BCUT2D eigenvalue weighted by atomic mass is 79.9. The lowest BCUT2D eigenvalue weighted by molar-refractivity contribution is 0.291. The fourth-order valence-electron chi connectivity index (χ4n) is 1.90. The predicted octanol–water partition coefficient (Wildman–Crippen LogP) is 3.52. The van der Waals surface area contributed by atoms with Crippen molar-refractivity contribution in [3.8, 4) is 11.4 Å². The zero-order chi connectivity index (χ0) is 13.8. The molecule has 0 bridgehead atoms. The van der Waals surface area contributed by atoms with Crippen molar-refractivity contribution in [2.24, 2.45) is 0 Å². The van der Waals surface area contributed by atoms with E-state index in [9.17, 15) is 0 Å². The molecular formula is C15H14BrN3O. The first-order chi connectivity index (χ1) is 9.81. The quantitative estimate of drug-likeness (QED) is 0.716. The van der Waals surface area contributed by atoms with Crippen LogP contribution in [0.3, 0.4) is 0 Å². The number of aromatic nitrogens is 3. The highest BCUT2D eigenvalue weighted by Crippen LogP contribution is 2.16. The summed E-state index contributed by atoms with van der Waals surface area (Å²) in [6.45, 7) is 1.31. The molecule has 102 valence electrons. The molecule has 3 rings (SSSR count). The second kappa shape index (κ2) is 5.96. The molecule has 0 amide bonds. The van der Waals surface area contributed by atoms with Gasteiger partial charge in [0, 0.05) is 23.1 Å². The van der Waals surface area contributed by atoms with Crippen LogP contribution in [0.5, 0.6) is 5.75 Å². The lowest BCUT2D eigenvalue weighted by Gasteiger charge is -2.06. The molecule has 0 saturated heterocycles. The van der Waals surface area contributed by atoms with Crippen molar-refractivity contribution in [2.45, 2.75) is 6.54 Å². The Bertz CT molecular complexity index is 659. The Balaban J connectivity index is 1.55. The number of hydrogen-bond donors (Lipinski definition) is 0. The first kappa shape index (κ1) is 13.0. The number of nitrogens with zero attached hydrogens (tertiary/aromatic N) is 3. The Morgan fingerprint density at radius 2 is 1.85 bits per heavy atom. The van der Waals surface area contributed by atoms with Crippen LogP contribution in [0.2, 0.25) is 0 Å². The molecule has 0 aliphatic heterocycles. The zero-order valence-corrected chi connectivity index (χ0v) is 12.4. The van der Waals surface area contributed by atoms with Gasteiger partial charge < -0.3 is 9.30 Å². The van der Waals surface area contributed by atoms with Crippen LogP contribution in [-0.4, -0.2) is 21.0 Å². The van der Waals surface area contributed by atoms with Crippen LogP contribution in [0.1, 0.15) is 0 Å². The van der Waals surface area contributed by atoms with E-state index in [-0.39, 0.29) is 0 Å². The number of halogens is 1. The molecule has 0 fully saturated rings. The summed E-state index contributed by atoms with van der Waals surface area (Å²) >= 11 is 3.40. The van der Waals surface area contributed by atoms with Gasteiger partial charge in [0.25, 0.3) is 0 Å². The fourth-order valence-corrected chi connectivity index (χ4v) is 2.17. The standard InChI is InChI=1S/C15H14BrN3O/c16-13-3-5-15(6-4-13)20-10-9-19-12-14(11-17-19)18-7-1-2-8-18/h1-8,11-12H,9-10H2. The second-order valence-electron chi connectivity index (χ2n) is 4.35. The molecular weight excluding hydrogens is 318 g/mol. The van der Waals surface area contributed by atoms with Crippen LogP contribution in [0.15, 0.2) is 65.7 Å². The van der Waals surface area contributed by atoms with Gasteiger partial charge in [-0.05, 0) is 36.4 Å². The number of hydrogen-bond acceptors (Lipinski definition) is 2.